The van der Waals surface area contributed by atoms with Crippen LogP contribution in [0.1, 0.15) is 43.7 Å². The summed E-state index contributed by atoms with van der Waals surface area (Å²) in [6, 6.07) is 13.8. The van der Waals surface area contributed by atoms with Crippen molar-refractivity contribution in [3.8, 4) is 0 Å². The van der Waals surface area contributed by atoms with Crippen LogP contribution in [-0.4, -0.2) is 25.8 Å². The Hall–Kier alpha value is -1.72. The number of rotatable bonds is 5. The highest BCUT2D eigenvalue weighted by Crippen LogP contribution is 2.27. The topological polar surface area (TPSA) is 37.4 Å². The molecular formula is C21H26FNO2S. The lowest BCUT2D eigenvalue weighted by molar-refractivity contribution is 0.273. The van der Waals surface area contributed by atoms with Gasteiger partial charge in [-0.25, -0.2) is 12.8 Å². The molecule has 2 aromatic carbocycles. The van der Waals surface area contributed by atoms with Gasteiger partial charge in [0.25, 0.3) is 0 Å². The van der Waals surface area contributed by atoms with Gasteiger partial charge in [-0.15, -0.1) is 0 Å². The van der Waals surface area contributed by atoms with Gasteiger partial charge < -0.3 is 0 Å². The van der Waals surface area contributed by atoms with Crippen LogP contribution in [-0.2, 0) is 16.4 Å². The van der Waals surface area contributed by atoms with E-state index in [9.17, 15) is 12.8 Å². The fraction of sp³-hybridized carbons (Fsp3) is 0.429. The van der Waals surface area contributed by atoms with Crippen molar-refractivity contribution >= 4 is 10.0 Å². The van der Waals surface area contributed by atoms with Crippen LogP contribution in [0.25, 0.3) is 0 Å². The fourth-order valence-corrected chi connectivity index (χ4v) is 4.95. The molecule has 0 radical (unpaired) electrons. The van der Waals surface area contributed by atoms with Crippen LogP contribution >= 0.6 is 0 Å². The van der Waals surface area contributed by atoms with Crippen molar-refractivity contribution in [3.05, 3.63) is 65.5 Å². The molecule has 2 aromatic rings. The quantitative estimate of drug-likeness (QED) is 0.766. The number of benzene rings is 2. The Kier molecular flexibility index (Phi) is 5.78. The van der Waals surface area contributed by atoms with Gasteiger partial charge in [-0.3, -0.25) is 0 Å². The largest absolute Gasteiger partial charge is 0.243 e. The maximum absolute atomic E-state index is 13.0. The number of halogens is 1. The van der Waals surface area contributed by atoms with Gasteiger partial charge in [0.05, 0.1) is 4.90 Å². The van der Waals surface area contributed by atoms with E-state index in [0.717, 1.165) is 30.4 Å². The van der Waals surface area contributed by atoms with Gasteiger partial charge in [-0.2, -0.15) is 4.31 Å². The summed E-state index contributed by atoms with van der Waals surface area (Å²) in [5.41, 5.74) is 2.25. The van der Waals surface area contributed by atoms with Crippen LogP contribution in [0, 0.1) is 11.7 Å². The van der Waals surface area contributed by atoms with Gasteiger partial charge in [0.1, 0.15) is 5.82 Å². The van der Waals surface area contributed by atoms with E-state index in [2.05, 4.69) is 13.8 Å². The van der Waals surface area contributed by atoms with E-state index in [-0.39, 0.29) is 5.82 Å². The molecule has 3 nitrogen and oxygen atoms in total. The first-order valence-corrected chi connectivity index (χ1v) is 10.6. The summed E-state index contributed by atoms with van der Waals surface area (Å²) in [5.74, 6) is 0.599. The third-order valence-corrected chi connectivity index (χ3v) is 7.11. The molecular weight excluding hydrogens is 349 g/mol. The smallest absolute Gasteiger partial charge is 0.207 e. The first-order chi connectivity index (χ1) is 12.4. The van der Waals surface area contributed by atoms with Crippen molar-refractivity contribution in [1.82, 2.24) is 4.31 Å². The van der Waals surface area contributed by atoms with Gasteiger partial charge in [0.15, 0.2) is 0 Å². The molecule has 0 N–H and O–H groups in total. The summed E-state index contributed by atoms with van der Waals surface area (Å²) >= 11 is 0. The van der Waals surface area contributed by atoms with E-state index in [0.29, 0.717) is 29.8 Å². The third kappa shape index (κ3) is 4.33. The third-order valence-electron chi connectivity index (χ3n) is 5.20. The Morgan fingerprint density at radius 1 is 1.00 bits per heavy atom. The van der Waals surface area contributed by atoms with Crippen LogP contribution in [0.3, 0.4) is 0 Å². The van der Waals surface area contributed by atoms with Crippen LogP contribution in [0.5, 0.6) is 0 Å². The molecule has 1 aliphatic heterocycles. The molecule has 0 amide bonds. The van der Waals surface area contributed by atoms with Gasteiger partial charge in [-0.1, -0.05) is 38.1 Å². The fourth-order valence-electron chi connectivity index (χ4n) is 3.48. The van der Waals surface area contributed by atoms with E-state index in [1.807, 2.05) is 24.3 Å². The lowest BCUT2D eigenvalue weighted by atomic mass is 9.91. The minimum atomic E-state index is -3.42. The van der Waals surface area contributed by atoms with Crippen LogP contribution < -0.4 is 0 Å². The number of sulfonamides is 1. The number of hydrogen-bond donors (Lipinski definition) is 0. The van der Waals surface area contributed by atoms with Gasteiger partial charge in [0, 0.05) is 13.1 Å². The summed E-state index contributed by atoms with van der Waals surface area (Å²) in [6.45, 7) is 5.27. The molecule has 0 bridgehead atoms. The summed E-state index contributed by atoms with van der Waals surface area (Å²) in [4.78, 5) is 0.374. The van der Waals surface area contributed by atoms with Crippen molar-refractivity contribution in [3.63, 3.8) is 0 Å². The summed E-state index contributed by atoms with van der Waals surface area (Å²) in [7, 11) is -3.42. The zero-order chi connectivity index (χ0) is 18.7. The molecule has 26 heavy (non-hydrogen) atoms. The van der Waals surface area contributed by atoms with Crippen molar-refractivity contribution < 1.29 is 12.8 Å². The number of piperidine rings is 1. The maximum Gasteiger partial charge on any atom is 0.243 e. The Morgan fingerprint density at radius 3 is 2.12 bits per heavy atom. The van der Waals surface area contributed by atoms with Crippen LogP contribution in [0.2, 0.25) is 0 Å². The molecule has 0 aromatic heterocycles. The van der Waals surface area contributed by atoms with Crippen molar-refractivity contribution in [2.24, 2.45) is 5.92 Å². The molecule has 0 atom stereocenters. The van der Waals surface area contributed by atoms with Gasteiger partial charge in [-0.05, 0) is 66.5 Å². The predicted molar refractivity (Wildman–Crippen MR) is 102 cm³/mol. The highest BCUT2D eigenvalue weighted by Gasteiger charge is 2.29. The molecule has 3 rings (SSSR count). The van der Waals surface area contributed by atoms with E-state index in [4.69, 9.17) is 0 Å². The van der Waals surface area contributed by atoms with Crippen molar-refractivity contribution in [2.45, 2.75) is 43.9 Å². The molecule has 0 unspecified atom stereocenters. The molecule has 0 spiro atoms. The van der Waals surface area contributed by atoms with E-state index >= 15 is 0 Å². The molecule has 0 aliphatic carbocycles. The summed E-state index contributed by atoms with van der Waals surface area (Å²) in [6.07, 6.45) is 2.54. The van der Waals surface area contributed by atoms with Gasteiger partial charge >= 0.3 is 0 Å². The Morgan fingerprint density at radius 2 is 1.58 bits per heavy atom. The lowest BCUT2D eigenvalue weighted by Gasteiger charge is -2.31. The van der Waals surface area contributed by atoms with E-state index < -0.39 is 10.0 Å². The molecule has 0 saturated carbocycles. The Labute approximate surface area is 155 Å². The van der Waals surface area contributed by atoms with Crippen molar-refractivity contribution in [2.75, 3.05) is 13.1 Å². The van der Waals surface area contributed by atoms with E-state index in [1.165, 1.54) is 12.1 Å². The Balaban J connectivity index is 1.62. The highest BCUT2D eigenvalue weighted by molar-refractivity contribution is 7.89. The van der Waals surface area contributed by atoms with Gasteiger partial charge in [0.2, 0.25) is 10.0 Å². The monoisotopic (exact) mass is 375 g/mol. The molecule has 1 fully saturated rings. The van der Waals surface area contributed by atoms with Crippen molar-refractivity contribution in [1.29, 1.82) is 0 Å². The van der Waals surface area contributed by atoms with Crippen LogP contribution in [0.15, 0.2) is 53.4 Å². The first-order valence-electron chi connectivity index (χ1n) is 9.21. The second-order valence-corrected chi connectivity index (χ2v) is 9.34. The predicted octanol–water partition coefficient (Wildman–Crippen LogP) is 4.59. The molecule has 1 aliphatic rings. The lowest BCUT2D eigenvalue weighted by Crippen LogP contribution is -2.38. The average molecular weight is 376 g/mol. The molecule has 1 saturated heterocycles. The number of hydrogen-bond acceptors (Lipinski definition) is 2. The standard InChI is InChI=1S/C21H26FNO2S/c1-16(2)19-5-9-21(10-6-19)26(24,25)23-13-11-18(12-14-23)15-17-3-7-20(22)8-4-17/h3-10,16,18H,11-15H2,1-2H3. The normalized spacial score (nSPS) is 16.9. The molecule has 5 heteroatoms. The highest BCUT2D eigenvalue weighted by atomic mass is 32.2. The maximum atomic E-state index is 13.0. The molecule has 140 valence electrons. The van der Waals surface area contributed by atoms with Crippen LogP contribution in [0.4, 0.5) is 4.39 Å². The zero-order valence-corrected chi connectivity index (χ0v) is 16.2. The Bertz CT molecular complexity index is 821. The average Bonchev–Trinajstić information content (AvgIpc) is 2.64. The second-order valence-electron chi connectivity index (χ2n) is 7.40. The van der Waals surface area contributed by atoms with E-state index in [1.54, 1.807) is 16.4 Å². The summed E-state index contributed by atoms with van der Waals surface area (Å²) < 4.78 is 40.3. The summed E-state index contributed by atoms with van der Waals surface area (Å²) in [5, 5.41) is 0. The minimum Gasteiger partial charge on any atom is -0.207 e. The first kappa shape index (κ1) is 19.1. The SMILES string of the molecule is CC(C)c1ccc(S(=O)(=O)N2CCC(Cc3ccc(F)cc3)CC2)cc1. The zero-order valence-electron chi connectivity index (χ0n) is 15.4. The number of nitrogens with zero attached hydrogens (tertiary/aromatic N) is 1. The second kappa shape index (κ2) is 7.89. The minimum absolute atomic E-state index is 0.224. The molecule has 1 heterocycles.